The van der Waals surface area contributed by atoms with Crippen LogP contribution in [0.1, 0.15) is 5.56 Å². The first-order valence-corrected chi connectivity index (χ1v) is 3.65. The number of carbonyl (C=O) groups excluding carboxylic acids is 1. The number of phenols is 1. The smallest absolute Gasteiger partial charge is 0.234 e. The molecule has 1 rings (SSSR count). The Labute approximate surface area is 70.4 Å². The maximum absolute atomic E-state index is 9.73. The fraction of sp³-hybridized carbons (Fsp3) is 0.222. The Morgan fingerprint density at radius 3 is 2.83 bits per heavy atom. The molecule has 0 bridgehead atoms. The van der Waals surface area contributed by atoms with Crippen LogP contribution in [0.25, 0.3) is 0 Å². The van der Waals surface area contributed by atoms with E-state index in [0.29, 0.717) is 13.0 Å². The van der Waals surface area contributed by atoms with Crippen molar-refractivity contribution in [3.8, 4) is 5.75 Å². The minimum atomic E-state index is 0.249. The van der Waals surface area contributed by atoms with E-state index in [1.807, 2.05) is 6.07 Å². The summed E-state index contributed by atoms with van der Waals surface area (Å²) < 4.78 is 0. The molecule has 12 heavy (non-hydrogen) atoms. The van der Waals surface area contributed by atoms with Crippen molar-refractivity contribution in [2.24, 2.45) is 4.99 Å². The first kappa shape index (κ1) is 8.50. The van der Waals surface area contributed by atoms with Gasteiger partial charge < -0.3 is 5.11 Å². The van der Waals surface area contributed by atoms with Crippen LogP contribution in [0.2, 0.25) is 0 Å². The van der Waals surface area contributed by atoms with Crippen LogP contribution in [0.5, 0.6) is 5.75 Å². The van der Waals surface area contributed by atoms with Gasteiger partial charge in [0, 0.05) is 0 Å². The molecule has 0 aliphatic heterocycles. The van der Waals surface area contributed by atoms with E-state index in [1.165, 1.54) is 6.08 Å². The largest absolute Gasteiger partial charge is 0.508 e. The number of benzene rings is 1. The molecule has 0 amide bonds. The van der Waals surface area contributed by atoms with Crippen LogP contribution in [0.15, 0.2) is 29.3 Å². The van der Waals surface area contributed by atoms with Crippen LogP contribution in [-0.4, -0.2) is 17.7 Å². The summed E-state index contributed by atoms with van der Waals surface area (Å²) in [4.78, 5) is 13.1. The molecule has 0 atom stereocenters. The van der Waals surface area contributed by atoms with Crippen molar-refractivity contribution in [2.45, 2.75) is 6.42 Å². The molecule has 0 aliphatic rings. The lowest BCUT2D eigenvalue weighted by Gasteiger charge is -1.99. The molecule has 0 spiro atoms. The van der Waals surface area contributed by atoms with E-state index in [9.17, 15) is 9.90 Å². The summed E-state index contributed by atoms with van der Waals surface area (Å²) in [6.45, 7) is 0.376. The minimum Gasteiger partial charge on any atom is -0.508 e. The van der Waals surface area contributed by atoms with Crippen LogP contribution in [-0.2, 0) is 11.2 Å². The highest BCUT2D eigenvalue weighted by molar-refractivity contribution is 5.34. The average molecular weight is 163 g/mol. The van der Waals surface area contributed by atoms with Gasteiger partial charge >= 0.3 is 0 Å². The lowest BCUT2D eigenvalue weighted by Crippen LogP contribution is -1.88. The van der Waals surface area contributed by atoms with Gasteiger partial charge in [-0.05, 0) is 18.1 Å². The van der Waals surface area contributed by atoms with Crippen molar-refractivity contribution in [3.63, 3.8) is 0 Å². The van der Waals surface area contributed by atoms with Crippen molar-refractivity contribution < 1.29 is 9.90 Å². The fourth-order valence-electron chi connectivity index (χ4n) is 0.944. The van der Waals surface area contributed by atoms with Crippen LogP contribution in [0.3, 0.4) is 0 Å². The van der Waals surface area contributed by atoms with Gasteiger partial charge in [-0.15, -0.1) is 0 Å². The van der Waals surface area contributed by atoms with Crippen LogP contribution in [0, 0.1) is 0 Å². The summed E-state index contributed by atoms with van der Waals surface area (Å²) >= 11 is 0. The SMILES string of the molecule is O=C=NCCc1ccccc1O. The van der Waals surface area contributed by atoms with E-state index in [1.54, 1.807) is 18.2 Å². The maximum Gasteiger partial charge on any atom is 0.234 e. The zero-order valence-electron chi connectivity index (χ0n) is 6.53. The van der Waals surface area contributed by atoms with Gasteiger partial charge in [0.2, 0.25) is 6.08 Å². The van der Waals surface area contributed by atoms with Crippen molar-refractivity contribution in [2.75, 3.05) is 6.54 Å². The molecule has 62 valence electrons. The summed E-state index contributed by atoms with van der Waals surface area (Å²) in [5.41, 5.74) is 0.802. The van der Waals surface area contributed by atoms with Crippen molar-refractivity contribution in [1.29, 1.82) is 0 Å². The Morgan fingerprint density at radius 2 is 2.17 bits per heavy atom. The second-order valence-corrected chi connectivity index (χ2v) is 2.35. The summed E-state index contributed by atoms with van der Waals surface area (Å²) in [6.07, 6.45) is 2.02. The Balaban J connectivity index is 2.62. The predicted molar refractivity (Wildman–Crippen MR) is 44.8 cm³/mol. The maximum atomic E-state index is 9.73. The fourth-order valence-corrected chi connectivity index (χ4v) is 0.944. The van der Waals surface area contributed by atoms with E-state index in [-0.39, 0.29) is 5.75 Å². The first-order chi connectivity index (χ1) is 5.84. The van der Waals surface area contributed by atoms with Gasteiger partial charge in [-0.1, -0.05) is 18.2 Å². The van der Waals surface area contributed by atoms with E-state index < -0.39 is 0 Å². The number of nitrogens with zero attached hydrogens (tertiary/aromatic N) is 1. The molecule has 0 radical (unpaired) electrons. The van der Waals surface area contributed by atoms with Crippen LogP contribution < -0.4 is 0 Å². The number of phenolic OH excluding ortho intramolecular Hbond substituents is 1. The van der Waals surface area contributed by atoms with E-state index in [4.69, 9.17) is 0 Å². The molecular weight excluding hydrogens is 154 g/mol. The quantitative estimate of drug-likeness (QED) is 0.538. The Morgan fingerprint density at radius 1 is 1.42 bits per heavy atom. The van der Waals surface area contributed by atoms with Crippen LogP contribution >= 0.6 is 0 Å². The van der Waals surface area contributed by atoms with Gasteiger partial charge in [-0.2, -0.15) is 0 Å². The van der Waals surface area contributed by atoms with E-state index in [0.717, 1.165) is 5.56 Å². The molecule has 3 nitrogen and oxygen atoms in total. The third-order valence-corrected chi connectivity index (χ3v) is 1.55. The third-order valence-electron chi connectivity index (χ3n) is 1.55. The molecule has 0 saturated carbocycles. The summed E-state index contributed by atoms with van der Waals surface area (Å²) in [7, 11) is 0. The zero-order chi connectivity index (χ0) is 8.81. The van der Waals surface area contributed by atoms with Gasteiger partial charge in [0.25, 0.3) is 0 Å². The average Bonchev–Trinajstić information content (AvgIpc) is 2.09. The summed E-state index contributed by atoms with van der Waals surface area (Å²) in [6, 6.07) is 7.00. The number of aliphatic imine (C=N–C) groups is 1. The highest BCUT2D eigenvalue weighted by atomic mass is 16.3. The summed E-state index contributed by atoms with van der Waals surface area (Å²) in [5.74, 6) is 0.249. The minimum absolute atomic E-state index is 0.249. The molecule has 3 heteroatoms. The molecule has 0 aliphatic carbocycles. The third kappa shape index (κ3) is 2.22. The lowest BCUT2D eigenvalue weighted by atomic mass is 10.1. The van der Waals surface area contributed by atoms with Gasteiger partial charge in [0.15, 0.2) is 0 Å². The molecule has 0 heterocycles. The van der Waals surface area contributed by atoms with E-state index >= 15 is 0 Å². The number of aromatic hydroxyl groups is 1. The van der Waals surface area contributed by atoms with E-state index in [2.05, 4.69) is 4.99 Å². The van der Waals surface area contributed by atoms with Gasteiger partial charge in [0.1, 0.15) is 5.75 Å². The highest BCUT2D eigenvalue weighted by Gasteiger charge is 1.96. The second-order valence-electron chi connectivity index (χ2n) is 2.35. The van der Waals surface area contributed by atoms with Gasteiger partial charge in [-0.3, -0.25) is 0 Å². The molecule has 1 aromatic carbocycles. The Bertz CT molecular complexity index is 303. The standard InChI is InChI=1S/C9H9NO2/c11-7-10-6-5-8-3-1-2-4-9(8)12/h1-4,12H,5-6H2. The Kier molecular flexibility index (Phi) is 3.05. The first-order valence-electron chi connectivity index (χ1n) is 3.65. The summed E-state index contributed by atoms with van der Waals surface area (Å²) in [5, 5.41) is 9.27. The number of isocyanates is 1. The highest BCUT2D eigenvalue weighted by Crippen LogP contribution is 2.15. The van der Waals surface area contributed by atoms with Crippen molar-refractivity contribution in [1.82, 2.24) is 0 Å². The lowest BCUT2D eigenvalue weighted by molar-refractivity contribution is 0.468. The van der Waals surface area contributed by atoms with Crippen molar-refractivity contribution in [3.05, 3.63) is 29.8 Å². The number of rotatable bonds is 3. The molecular formula is C9H9NO2. The van der Waals surface area contributed by atoms with Gasteiger partial charge in [0.05, 0.1) is 6.54 Å². The predicted octanol–water partition coefficient (Wildman–Crippen LogP) is 1.27. The number of hydrogen-bond acceptors (Lipinski definition) is 3. The molecule has 0 unspecified atom stereocenters. The Hall–Kier alpha value is -1.60. The molecule has 0 aromatic heterocycles. The molecule has 1 N–H and O–H groups in total. The normalized spacial score (nSPS) is 9.00. The number of para-hydroxylation sites is 1. The second kappa shape index (κ2) is 4.31. The number of hydrogen-bond donors (Lipinski definition) is 1. The zero-order valence-corrected chi connectivity index (χ0v) is 6.53. The van der Waals surface area contributed by atoms with Gasteiger partial charge in [-0.25, -0.2) is 9.79 Å². The molecule has 0 fully saturated rings. The molecule has 1 aromatic rings. The van der Waals surface area contributed by atoms with Crippen molar-refractivity contribution >= 4 is 6.08 Å². The molecule has 0 saturated heterocycles. The van der Waals surface area contributed by atoms with Crippen LogP contribution in [0.4, 0.5) is 0 Å². The topological polar surface area (TPSA) is 49.7 Å². The monoisotopic (exact) mass is 163 g/mol.